The van der Waals surface area contributed by atoms with E-state index in [1.165, 1.54) is 24.0 Å². The van der Waals surface area contributed by atoms with Gasteiger partial charge in [-0.2, -0.15) is 0 Å². The van der Waals surface area contributed by atoms with Crippen molar-refractivity contribution in [2.75, 3.05) is 6.61 Å². The Bertz CT molecular complexity index is 278. The lowest BCUT2D eigenvalue weighted by Gasteiger charge is -2.25. The molecule has 0 unspecified atom stereocenters. The van der Waals surface area contributed by atoms with E-state index >= 15 is 0 Å². The van der Waals surface area contributed by atoms with E-state index in [1.807, 2.05) is 0 Å². The van der Waals surface area contributed by atoms with Crippen LogP contribution in [0.15, 0.2) is 11.1 Å². The average molecular weight is 194 g/mol. The SMILES string of the molecule is CC1=C2COC(=O)CC[C@H](C)[C@@H]2CC1. The third kappa shape index (κ3) is 1.70. The van der Waals surface area contributed by atoms with Crippen molar-refractivity contribution >= 4 is 5.97 Å². The summed E-state index contributed by atoms with van der Waals surface area (Å²) in [6.07, 6.45) is 4.05. The summed E-state index contributed by atoms with van der Waals surface area (Å²) in [5.41, 5.74) is 2.86. The molecular formula is C12H18O2. The molecule has 1 aliphatic carbocycles. The highest BCUT2D eigenvalue weighted by molar-refractivity contribution is 5.69. The summed E-state index contributed by atoms with van der Waals surface area (Å²) >= 11 is 0. The van der Waals surface area contributed by atoms with E-state index in [0.29, 0.717) is 24.9 Å². The summed E-state index contributed by atoms with van der Waals surface area (Å²) in [5.74, 6) is 1.31. The highest BCUT2D eigenvalue weighted by atomic mass is 16.5. The molecule has 0 N–H and O–H groups in total. The molecule has 2 nitrogen and oxygen atoms in total. The van der Waals surface area contributed by atoms with E-state index in [4.69, 9.17) is 4.74 Å². The predicted molar refractivity (Wildman–Crippen MR) is 54.8 cm³/mol. The van der Waals surface area contributed by atoms with Crippen LogP contribution in [0.4, 0.5) is 0 Å². The number of allylic oxidation sites excluding steroid dienone is 1. The molecule has 2 heteroatoms. The molecule has 1 saturated heterocycles. The van der Waals surface area contributed by atoms with Gasteiger partial charge in [0.15, 0.2) is 0 Å². The van der Waals surface area contributed by atoms with E-state index in [9.17, 15) is 4.79 Å². The Hall–Kier alpha value is -0.790. The van der Waals surface area contributed by atoms with Crippen molar-refractivity contribution in [3.63, 3.8) is 0 Å². The second kappa shape index (κ2) is 3.76. The van der Waals surface area contributed by atoms with E-state index in [0.717, 1.165) is 6.42 Å². The normalized spacial score (nSPS) is 33.4. The number of hydrogen-bond donors (Lipinski definition) is 0. The molecule has 2 rings (SSSR count). The van der Waals surface area contributed by atoms with Crippen LogP contribution in [0, 0.1) is 11.8 Å². The molecule has 0 radical (unpaired) electrons. The number of cyclic esters (lactones) is 1. The Balaban J connectivity index is 2.18. The van der Waals surface area contributed by atoms with Crippen LogP contribution < -0.4 is 0 Å². The van der Waals surface area contributed by atoms with Crippen molar-refractivity contribution in [1.82, 2.24) is 0 Å². The minimum absolute atomic E-state index is 0.0255. The van der Waals surface area contributed by atoms with E-state index < -0.39 is 0 Å². The van der Waals surface area contributed by atoms with Crippen molar-refractivity contribution in [2.24, 2.45) is 11.8 Å². The standard InChI is InChI=1S/C12H18O2/c1-8-4-6-12(13)14-7-11-9(2)3-5-10(8)11/h8,10H,3-7H2,1-2H3/t8-,10-/m0/s1. The maximum atomic E-state index is 11.2. The molecule has 0 amide bonds. The fourth-order valence-electron chi connectivity index (χ4n) is 2.66. The number of hydrogen-bond acceptors (Lipinski definition) is 2. The molecule has 14 heavy (non-hydrogen) atoms. The summed E-state index contributed by atoms with van der Waals surface area (Å²) in [5, 5.41) is 0. The lowest BCUT2D eigenvalue weighted by molar-refractivity contribution is -0.143. The minimum Gasteiger partial charge on any atom is -0.461 e. The van der Waals surface area contributed by atoms with Crippen LogP contribution in [0.1, 0.15) is 39.5 Å². The molecule has 1 heterocycles. The summed E-state index contributed by atoms with van der Waals surface area (Å²) in [4.78, 5) is 11.2. The largest absolute Gasteiger partial charge is 0.461 e. The summed E-state index contributed by atoms with van der Waals surface area (Å²) in [6, 6.07) is 0. The van der Waals surface area contributed by atoms with Gasteiger partial charge in [-0.3, -0.25) is 4.79 Å². The van der Waals surface area contributed by atoms with Gasteiger partial charge in [0.05, 0.1) is 0 Å². The molecule has 0 spiro atoms. The van der Waals surface area contributed by atoms with Gasteiger partial charge in [-0.05, 0) is 43.6 Å². The van der Waals surface area contributed by atoms with Crippen LogP contribution in [0.5, 0.6) is 0 Å². The van der Waals surface area contributed by atoms with Crippen LogP contribution in [0.3, 0.4) is 0 Å². The molecule has 0 bridgehead atoms. The number of esters is 1. The first-order valence-electron chi connectivity index (χ1n) is 5.52. The molecule has 1 aliphatic heterocycles. The molecule has 2 aliphatic rings. The maximum Gasteiger partial charge on any atom is 0.306 e. The third-order valence-electron chi connectivity index (χ3n) is 3.71. The number of rotatable bonds is 0. The van der Waals surface area contributed by atoms with E-state index in [1.54, 1.807) is 0 Å². The Labute approximate surface area is 85.3 Å². The quantitative estimate of drug-likeness (QED) is 0.438. The zero-order valence-corrected chi connectivity index (χ0v) is 9.01. The first-order chi connectivity index (χ1) is 6.68. The number of carbonyl (C=O) groups excluding carboxylic acids is 1. The van der Waals surface area contributed by atoms with Gasteiger partial charge in [-0.25, -0.2) is 0 Å². The van der Waals surface area contributed by atoms with Gasteiger partial charge in [0, 0.05) is 6.42 Å². The highest BCUT2D eigenvalue weighted by Gasteiger charge is 2.30. The van der Waals surface area contributed by atoms with Gasteiger partial charge in [0.1, 0.15) is 6.61 Å². The Morgan fingerprint density at radius 3 is 2.86 bits per heavy atom. The van der Waals surface area contributed by atoms with Gasteiger partial charge in [0.25, 0.3) is 0 Å². The first kappa shape index (κ1) is 9.75. The average Bonchev–Trinajstić information content (AvgIpc) is 2.51. The number of carbonyl (C=O) groups is 1. The fraction of sp³-hybridized carbons (Fsp3) is 0.750. The predicted octanol–water partition coefficient (Wildman–Crippen LogP) is 2.69. The molecule has 2 atom stereocenters. The van der Waals surface area contributed by atoms with Crippen molar-refractivity contribution in [1.29, 1.82) is 0 Å². The van der Waals surface area contributed by atoms with Crippen molar-refractivity contribution in [3.05, 3.63) is 11.1 Å². The number of fused-ring (bicyclic) bond motifs is 1. The molecule has 78 valence electrons. The van der Waals surface area contributed by atoms with Crippen molar-refractivity contribution < 1.29 is 9.53 Å². The van der Waals surface area contributed by atoms with Gasteiger partial charge in [-0.1, -0.05) is 12.5 Å². The molecule has 0 aromatic rings. The van der Waals surface area contributed by atoms with Crippen molar-refractivity contribution in [2.45, 2.75) is 39.5 Å². The zero-order valence-electron chi connectivity index (χ0n) is 9.01. The lowest BCUT2D eigenvalue weighted by atomic mass is 9.84. The molecule has 0 aromatic heterocycles. The van der Waals surface area contributed by atoms with E-state index in [-0.39, 0.29) is 5.97 Å². The maximum absolute atomic E-state index is 11.2. The van der Waals surface area contributed by atoms with E-state index in [2.05, 4.69) is 13.8 Å². The van der Waals surface area contributed by atoms with Crippen LogP contribution in [0.25, 0.3) is 0 Å². The lowest BCUT2D eigenvalue weighted by Crippen LogP contribution is -2.21. The van der Waals surface area contributed by atoms with Gasteiger partial charge < -0.3 is 4.74 Å². The van der Waals surface area contributed by atoms with Crippen LogP contribution in [0.2, 0.25) is 0 Å². The molecule has 0 saturated carbocycles. The zero-order chi connectivity index (χ0) is 10.1. The Morgan fingerprint density at radius 1 is 1.29 bits per heavy atom. The summed E-state index contributed by atoms with van der Waals surface area (Å²) < 4.78 is 5.22. The van der Waals surface area contributed by atoms with Crippen LogP contribution >= 0.6 is 0 Å². The third-order valence-corrected chi connectivity index (χ3v) is 3.71. The Morgan fingerprint density at radius 2 is 2.07 bits per heavy atom. The second-order valence-electron chi connectivity index (χ2n) is 4.63. The molecular weight excluding hydrogens is 176 g/mol. The highest BCUT2D eigenvalue weighted by Crippen LogP contribution is 2.39. The smallest absolute Gasteiger partial charge is 0.306 e. The fourth-order valence-corrected chi connectivity index (χ4v) is 2.66. The Kier molecular flexibility index (Phi) is 2.62. The monoisotopic (exact) mass is 194 g/mol. The second-order valence-corrected chi connectivity index (χ2v) is 4.63. The molecule has 0 aromatic carbocycles. The van der Waals surface area contributed by atoms with Gasteiger partial charge >= 0.3 is 5.97 Å². The van der Waals surface area contributed by atoms with Crippen LogP contribution in [-0.2, 0) is 9.53 Å². The van der Waals surface area contributed by atoms with Gasteiger partial charge in [0.2, 0.25) is 0 Å². The minimum atomic E-state index is -0.0255. The first-order valence-corrected chi connectivity index (χ1v) is 5.52. The van der Waals surface area contributed by atoms with Gasteiger partial charge in [-0.15, -0.1) is 0 Å². The van der Waals surface area contributed by atoms with Crippen molar-refractivity contribution in [3.8, 4) is 0 Å². The topological polar surface area (TPSA) is 26.3 Å². The number of ether oxygens (including phenoxy) is 1. The van der Waals surface area contributed by atoms with Crippen LogP contribution in [-0.4, -0.2) is 12.6 Å². The molecule has 1 fully saturated rings. The summed E-state index contributed by atoms with van der Waals surface area (Å²) in [6.45, 7) is 5.00. The summed E-state index contributed by atoms with van der Waals surface area (Å²) in [7, 11) is 0.